The fraction of sp³-hybridized carbons (Fsp3) is 0.200. The lowest BCUT2D eigenvalue weighted by molar-refractivity contribution is 0.684. The minimum absolute atomic E-state index is 0.556. The van der Waals surface area contributed by atoms with Crippen molar-refractivity contribution < 1.29 is 0 Å². The number of hydrogen-bond acceptors (Lipinski definition) is 6. The Labute approximate surface area is 196 Å². The molecular weight excluding hydrogens is 434 g/mol. The summed E-state index contributed by atoms with van der Waals surface area (Å²) in [5, 5.41) is 6.24. The maximum Gasteiger partial charge on any atom is 0.143 e. The van der Waals surface area contributed by atoms with Gasteiger partial charge in [0, 0.05) is 54.7 Å². The highest BCUT2D eigenvalue weighted by molar-refractivity contribution is 6.31. The summed E-state index contributed by atoms with van der Waals surface area (Å²) in [6.07, 6.45) is 7.28. The van der Waals surface area contributed by atoms with Crippen molar-refractivity contribution in [3.8, 4) is 0 Å². The van der Waals surface area contributed by atoms with E-state index in [0.717, 1.165) is 44.3 Å². The van der Waals surface area contributed by atoms with Gasteiger partial charge in [0.1, 0.15) is 17.8 Å². The van der Waals surface area contributed by atoms with Crippen molar-refractivity contribution in [2.24, 2.45) is 0 Å². The molecule has 0 aliphatic heterocycles. The Morgan fingerprint density at radius 2 is 1.94 bits per heavy atom. The molecule has 4 aromatic heterocycles. The first-order valence-electron chi connectivity index (χ1n) is 10.7. The molecule has 5 aromatic rings. The van der Waals surface area contributed by atoms with Crippen LogP contribution >= 0.6 is 11.6 Å². The number of hydrogen-bond donors (Lipinski definition) is 2. The molecule has 0 unspecified atom stereocenters. The number of fused-ring (bicyclic) bond motifs is 2. The van der Waals surface area contributed by atoms with Crippen LogP contribution in [0, 0.1) is 13.8 Å². The molecule has 0 aliphatic rings. The topological polar surface area (TPSA) is 94.5 Å². The lowest BCUT2D eigenvalue weighted by Crippen LogP contribution is -2.15. The molecule has 0 radical (unpaired) electrons. The SMILES string of the molecule is Cc1cc(N)nc(C)c1CNCc1cn(Cc2ccc3ncc(Cl)cc3c2)c2ncncc12. The Morgan fingerprint density at radius 3 is 2.79 bits per heavy atom. The van der Waals surface area contributed by atoms with Gasteiger partial charge in [0.2, 0.25) is 0 Å². The third-order valence-corrected chi connectivity index (χ3v) is 6.08. The van der Waals surface area contributed by atoms with E-state index in [2.05, 4.69) is 55.1 Å². The van der Waals surface area contributed by atoms with Crippen LogP contribution in [0.15, 0.2) is 55.2 Å². The van der Waals surface area contributed by atoms with Crippen LogP contribution in [-0.4, -0.2) is 24.5 Å². The highest BCUT2D eigenvalue weighted by atomic mass is 35.5. The smallest absolute Gasteiger partial charge is 0.143 e. The predicted octanol–water partition coefficient (Wildman–Crippen LogP) is 4.57. The first-order valence-corrected chi connectivity index (χ1v) is 11.1. The normalized spacial score (nSPS) is 11.5. The summed E-state index contributed by atoms with van der Waals surface area (Å²) in [5.41, 5.74) is 13.3. The average molecular weight is 458 g/mol. The zero-order chi connectivity index (χ0) is 22.9. The molecule has 0 fully saturated rings. The van der Waals surface area contributed by atoms with Crippen LogP contribution in [0.3, 0.4) is 0 Å². The number of rotatable bonds is 6. The van der Waals surface area contributed by atoms with Crippen molar-refractivity contribution in [1.29, 1.82) is 0 Å². The van der Waals surface area contributed by atoms with E-state index in [1.54, 1.807) is 12.5 Å². The minimum Gasteiger partial charge on any atom is -0.384 e. The highest BCUT2D eigenvalue weighted by Crippen LogP contribution is 2.23. The second-order valence-corrected chi connectivity index (χ2v) is 8.69. The van der Waals surface area contributed by atoms with Gasteiger partial charge in [0.25, 0.3) is 0 Å². The van der Waals surface area contributed by atoms with Gasteiger partial charge in [-0.1, -0.05) is 17.7 Å². The molecule has 4 heterocycles. The molecule has 33 heavy (non-hydrogen) atoms. The lowest BCUT2D eigenvalue weighted by atomic mass is 10.1. The van der Waals surface area contributed by atoms with E-state index in [-0.39, 0.29) is 0 Å². The maximum absolute atomic E-state index is 6.13. The van der Waals surface area contributed by atoms with Gasteiger partial charge in [-0.05, 0) is 60.4 Å². The fourth-order valence-corrected chi connectivity index (χ4v) is 4.45. The third-order valence-electron chi connectivity index (χ3n) is 5.88. The van der Waals surface area contributed by atoms with Crippen LogP contribution < -0.4 is 11.1 Å². The number of nitrogens with one attached hydrogen (secondary N) is 1. The largest absolute Gasteiger partial charge is 0.384 e. The van der Waals surface area contributed by atoms with Crippen LogP contribution in [0.25, 0.3) is 21.9 Å². The number of pyridine rings is 2. The van der Waals surface area contributed by atoms with Crippen LogP contribution in [0.2, 0.25) is 5.02 Å². The molecule has 0 atom stereocenters. The fourth-order valence-electron chi connectivity index (χ4n) is 4.29. The second kappa shape index (κ2) is 8.77. The van der Waals surface area contributed by atoms with E-state index in [1.807, 2.05) is 31.3 Å². The van der Waals surface area contributed by atoms with Gasteiger partial charge in [0.05, 0.1) is 10.5 Å². The average Bonchev–Trinajstić information content (AvgIpc) is 3.12. The summed E-state index contributed by atoms with van der Waals surface area (Å²) in [6, 6.07) is 10.1. The Balaban J connectivity index is 1.39. The number of halogens is 1. The highest BCUT2D eigenvalue weighted by Gasteiger charge is 2.12. The summed E-state index contributed by atoms with van der Waals surface area (Å²) in [7, 11) is 0. The van der Waals surface area contributed by atoms with Gasteiger partial charge < -0.3 is 15.6 Å². The number of nitrogens with two attached hydrogens (primary N) is 1. The van der Waals surface area contributed by atoms with Crippen molar-refractivity contribution in [2.45, 2.75) is 33.5 Å². The predicted molar refractivity (Wildman–Crippen MR) is 132 cm³/mol. The van der Waals surface area contributed by atoms with E-state index >= 15 is 0 Å². The molecule has 0 spiro atoms. The summed E-state index contributed by atoms with van der Waals surface area (Å²) in [6.45, 7) is 6.15. The van der Waals surface area contributed by atoms with E-state index in [4.69, 9.17) is 17.3 Å². The number of anilines is 1. The van der Waals surface area contributed by atoms with E-state index in [0.29, 0.717) is 30.5 Å². The Morgan fingerprint density at radius 1 is 1.06 bits per heavy atom. The molecule has 0 aliphatic carbocycles. The first-order chi connectivity index (χ1) is 16.0. The quantitative estimate of drug-likeness (QED) is 0.388. The van der Waals surface area contributed by atoms with Crippen molar-refractivity contribution in [2.75, 3.05) is 5.73 Å². The molecule has 5 rings (SSSR count). The monoisotopic (exact) mass is 457 g/mol. The molecular formula is C25H24ClN7. The summed E-state index contributed by atoms with van der Waals surface area (Å²) in [4.78, 5) is 17.6. The van der Waals surface area contributed by atoms with E-state index < -0.39 is 0 Å². The summed E-state index contributed by atoms with van der Waals surface area (Å²) < 4.78 is 2.16. The van der Waals surface area contributed by atoms with Crippen molar-refractivity contribution in [3.05, 3.63) is 88.2 Å². The van der Waals surface area contributed by atoms with Gasteiger partial charge in [-0.2, -0.15) is 0 Å². The molecule has 166 valence electrons. The van der Waals surface area contributed by atoms with E-state index in [1.165, 1.54) is 5.56 Å². The zero-order valence-electron chi connectivity index (χ0n) is 18.5. The summed E-state index contributed by atoms with van der Waals surface area (Å²) in [5.74, 6) is 0.556. The van der Waals surface area contributed by atoms with Crippen molar-refractivity contribution in [1.82, 2.24) is 29.8 Å². The molecule has 0 saturated heterocycles. The zero-order valence-corrected chi connectivity index (χ0v) is 19.3. The van der Waals surface area contributed by atoms with Gasteiger partial charge in [-0.25, -0.2) is 15.0 Å². The molecule has 3 N–H and O–H groups in total. The maximum atomic E-state index is 6.13. The molecule has 1 aromatic carbocycles. The third kappa shape index (κ3) is 4.37. The number of benzene rings is 1. The number of aryl methyl sites for hydroxylation is 2. The number of nitrogens with zero attached hydrogens (tertiary/aromatic N) is 5. The molecule has 0 bridgehead atoms. The number of aromatic nitrogens is 5. The lowest BCUT2D eigenvalue weighted by Gasteiger charge is -2.11. The number of nitrogen functional groups attached to an aromatic ring is 1. The van der Waals surface area contributed by atoms with Gasteiger partial charge in [0.15, 0.2) is 0 Å². The second-order valence-electron chi connectivity index (χ2n) is 8.25. The van der Waals surface area contributed by atoms with Crippen LogP contribution in [0.5, 0.6) is 0 Å². The van der Waals surface area contributed by atoms with Crippen molar-refractivity contribution >= 4 is 39.4 Å². The van der Waals surface area contributed by atoms with Crippen LogP contribution in [0.1, 0.15) is 27.9 Å². The van der Waals surface area contributed by atoms with Crippen LogP contribution in [-0.2, 0) is 19.6 Å². The van der Waals surface area contributed by atoms with Gasteiger partial charge >= 0.3 is 0 Å². The molecule has 0 amide bonds. The Kier molecular flexibility index (Phi) is 5.66. The Bertz CT molecular complexity index is 1450. The molecule has 7 nitrogen and oxygen atoms in total. The first kappa shape index (κ1) is 21.3. The van der Waals surface area contributed by atoms with Crippen molar-refractivity contribution in [3.63, 3.8) is 0 Å². The van der Waals surface area contributed by atoms with Gasteiger partial charge in [-0.3, -0.25) is 4.98 Å². The van der Waals surface area contributed by atoms with Crippen LogP contribution in [0.4, 0.5) is 5.82 Å². The van der Waals surface area contributed by atoms with Gasteiger partial charge in [-0.15, -0.1) is 0 Å². The van der Waals surface area contributed by atoms with E-state index in [9.17, 15) is 0 Å². The Hall–Kier alpha value is -3.55. The molecule has 8 heteroatoms. The minimum atomic E-state index is 0.556. The molecule has 0 saturated carbocycles. The standard InChI is InChI=1S/C25H24ClN7/c1-15-5-24(27)32-16(2)21(15)10-28-8-19-13-33(25-22(19)11-29-14-31-25)12-17-3-4-23-18(6-17)7-20(26)9-30-23/h3-7,9,11,13-14,28H,8,10,12H2,1-2H3,(H2,27,32). The summed E-state index contributed by atoms with van der Waals surface area (Å²) >= 11 is 6.13.